The fourth-order valence-electron chi connectivity index (χ4n) is 1.75. The number of hydrazine groups is 1. The molecule has 0 atom stereocenters. The summed E-state index contributed by atoms with van der Waals surface area (Å²) in [4.78, 5) is 16.6. The highest BCUT2D eigenvalue weighted by Gasteiger charge is 2.22. The SMILES string of the molecule is C=C1CCCC(C)(C)C1.C=CCNN.C=O.CC.CC.CCC.CCC.CCCC.NC=O. The minimum atomic E-state index is 0.250. The van der Waals surface area contributed by atoms with Crippen LogP contribution in [0.3, 0.4) is 0 Å². The lowest BCUT2D eigenvalue weighted by atomic mass is 9.76. The zero-order chi connectivity index (χ0) is 28.6. The second-order valence-electron chi connectivity index (χ2n) is 7.19. The molecule has 0 radical (unpaired) electrons. The van der Waals surface area contributed by atoms with Crippen LogP contribution in [-0.4, -0.2) is 19.7 Å². The van der Waals surface area contributed by atoms with Crippen molar-refractivity contribution in [2.45, 2.75) is 134 Å². The maximum absolute atomic E-state index is 8.58. The summed E-state index contributed by atoms with van der Waals surface area (Å²) in [6.45, 7) is 35.6. The van der Waals surface area contributed by atoms with Crippen LogP contribution < -0.4 is 17.0 Å². The predicted molar refractivity (Wildman–Crippen MR) is 156 cm³/mol. The molecule has 1 amide bonds. The van der Waals surface area contributed by atoms with Crippen molar-refractivity contribution in [3.8, 4) is 0 Å². The minimum absolute atomic E-state index is 0.250. The van der Waals surface area contributed by atoms with E-state index in [4.69, 9.17) is 15.4 Å². The van der Waals surface area contributed by atoms with Gasteiger partial charge >= 0.3 is 0 Å². The Morgan fingerprint density at radius 2 is 1.24 bits per heavy atom. The average Bonchev–Trinajstić information content (AvgIpc) is 2.80. The molecule has 206 valence electrons. The highest BCUT2D eigenvalue weighted by Crippen LogP contribution is 2.36. The van der Waals surface area contributed by atoms with Crippen LogP contribution in [0.2, 0.25) is 0 Å². The van der Waals surface area contributed by atoms with Gasteiger partial charge in [-0.3, -0.25) is 16.1 Å². The smallest absolute Gasteiger partial charge is 0.204 e. The van der Waals surface area contributed by atoms with Gasteiger partial charge in [0.15, 0.2) is 0 Å². The number of allylic oxidation sites excluding steroid dienone is 1. The lowest BCUT2D eigenvalue weighted by molar-refractivity contribution is -0.107. The van der Waals surface area contributed by atoms with Gasteiger partial charge in [-0.2, -0.15) is 0 Å². The van der Waals surface area contributed by atoms with Gasteiger partial charge in [0.25, 0.3) is 0 Å². The molecule has 1 aliphatic carbocycles. The van der Waals surface area contributed by atoms with E-state index in [1.807, 2.05) is 34.5 Å². The number of rotatable bonds is 3. The number of nitrogens with two attached hydrogens (primary N) is 2. The Labute approximate surface area is 211 Å². The second kappa shape index (κ2) is 69.8. The fourth-order valence-corrected chi connectivity index (χ4v) is 1.75. The molecule has 5 heteroatoms. The summed E-state index contributed by atoms with van der Waals surface area (Å²) < 4.78 is 0. The zero-order valence-corrected chi connectivity index (χ0v) is 25.1. The summed E-state index contributed by atoms with van der Waals surface area (Å²) in [7, 11) is 0. The van der Waals surface area contributed by atoms with Gasteiger partial charge in [0.1, 0.15) is 6.79 Å². The van der Waals surface area contributed by atoms with E-state index >= 15 is 0 Å². The maximum Gasteiger partial charge on any atom is 0.204 e. The Balaban J connectivity index is -0.0000000383. The Bertz CT molecular complexity index is 291. The molecule has 0 spiro atoms. The highest BCUT2D eigenvalue weighted by molar-refractivity contribution is 5.42. The molecular formula is C28H67N3O2. The van der Waals surface area contributed by atoms with Gasteiger partial charge < -0.3 is 10.5 Å². The van der Waals surface area contributed by atoms with E-state index in [0.717, 1.165) is 0 Å². The van der Waals surface area contributed by atoms with E-state index in [9.17, 15) is 0 Å². The van der Waals surface area contributed by atoms with E-state index in [0.29, 0.717) is 12.0 Å². The third-order valence-corrected chi connectivity index (χ3v) is 2.87. The molecule has 0 unspecified atom stereocenters. The van der Waals surface area contributed by atoms with Crippen LogP contribution in [-0.2, 0) is 9.59 Å². The van der Waals surface area contributed by atoms with Gasteiger partial charge in [-0.25, -0.2) is 0 Å². The summed E-state index contributed by atoms with van der Waals surface area (Å²) >= 11 is 0. The molecule has 5 nitrogen and oxygen atoms in total. The number of unbranched alkanes of at least 4 members (excludes halogenated alkanes) is 1. The summed E-state index contributed by atoms with van der Waals surface area (Å²) in [5.41, 5.74) is 8.57. The zero-order valence-electron chi connectivity index (χ0n) is 25.1. The van der Waals surface area contributed by atoms with E-state index in [1.165, 1.54) is 56.9 Å². The first-order chi connectivity index (χ1) is 15.7. The summed E-state index contributed by atoms with van der Waals surface area (Å²) in [6.07, 6.45) is 12.3. The molecule has 5 N–H and O–H groups in total. The lowest BCUT2D eigenvalue weighted by Crippen LogP contribution is -2.20. The Kier molecular flexibility index (Phi) is 112. The van der Waals surface area contributed by atoms with Crippen molar-refractivity contribution in [1.29, 1.82) is 0 Å². The quantitative estimate of drug-likeness (QED) is 0.164. The first-order valence-corrected chi connectivity index (χ1v) is 12.8. The van der Waals surface area contributed by atoms with Gasteiger partial charge in [0.05, 0.1) is 0 Å². The average molecular weight is 478 g/mol. The standard InChI is InChI=1S/C9H16.C4H10.C3H8N2.2C3H8.2C2H6.CH3NO.CH2O/c1-8-5-4-6-9(2,3)7-8;1-3-4-2;1-2-3-5-4;2*1-3-2;2*1-2;2-1-3;1-2/h1,4-7H2,2-3H3;3-4H2,1-2H3;2,5H,1,3-4H2;2*3H2,1-2H3;2*1-2H3;1H,(H2,2,3);1H2. The molecule has 0 bridgehead atoms. The van der Waals surface area contributed by atoms with Gasteiger partial charge in [-0.15, -0.1) is 6.58 Å². The first kappa shape index (κ1) is 53.1. The van der Waals surface area contributed by atoms with Crippen molar-refractivity contribution < 1.29 is 9.59 Å². The molecule has 0 aromatic carbocycles. The first-order valence-electron chi connectivity index (χ1n) is 12.8. The summed E-state index contributed by atoms with van der Waals surface area (Å²) in [6, 6.07) is 0. The maximum atomic E-state index is 8.58. The number of carbonyl (C=O) groups is 2. The number of hydrogen-bond donors (Lipinski definition) is 3. The van der Waals surface area contributed by atoms with Crippen LogP contribution in [0.25, 0.3) is 0 Å². The van der Waals surface area contributed by atoms with E-state index in [2.05, 4.69) is 79.7 Å². The number of nitrogens with one attached hydrogen (secondary N) is 1. The minimum Gasteiger partial charge on any atom is -0.372 e. The number of hydrogen-bond acceptors (Lipinski definition) is 4. The van der Waals surface area contributed by atoms with Crippen LogP contribution in [0.5, 0.6) is 0 Å². The topological polar surface area (TPSA) is 98.2 Å². The number of amides is 1. The molecule has 1 saturated carbocycles. The van der Waals surface area contributed by atoms with Crippen LogP contribution in [0.1, 0.15) is 134 Å². The largest absolute Gasteiger partial charge is 0.372 e. The van der Waals surface area contributed by atoms with Crippen molar-refractivity contribution in [2.75, 3.05) is 6.54 Å². The molecule has 1 aliphatic rings. The summed E-state index contributed by atoms with van der Waals surface area (Å²) in [5, 5.41) is 0. The van der Waals surface area contributed by atoms with Crippen molar-refractivity contribution >= 4 is 13.2 Å². The number of carbonyl (C=O) groups excluding carboxylic acids is 2. The molecule has 0 aliphatic heterocycles. The molecule has 33 heavy (non-hydrogen) atoms. The summed E-state index contributed by atoms with van der Waals surface area (Å²) in [5.74, 6) is 4.82. The Morgan fingerprint density at radius 1 is 0.939 bits per heavy atom. The van der Waals surface area contributed by atoms with Crippen molar-refractivity contribution in [1.82, 2.24) is 5.43 Å². The predicted octanol–water partition coefficient (Wildman–Crippen LogP) is 8.39. The van der Waals surface area contributed by atoms with E-state index in [-0.39, 0.29) is 6.41 Å². The fraction of sp³-hybridized carbons (Fsp3) is 0.786. The third-order valence-electron chi connectivity index (χ3n) is 2.87. The Hall–Kier alpha value is -1.46. The molecule has 0 saturated heterocycles. The molecule has 0 aromatic rings. The van der Waals surface area contributed by atoms with Gasteiger partial charge in [0, 0.05) is 6.54 Å². The second-order valence-corrected chi connectivity index (χ2v) is 7.19. The lowest BCUT2D eigenvalue weighted by Gasteiger charge is -2.30. The monoisotopic (exact) mass is 478 g/mol. The van der Waals surface area contributed by atoms with Crippen molar-refractivity contribution in [3.05, 3.63) is 24.8 Å². The highest BCUT2D eigenvalue weighted by atomic mass is 16.1. The van der Waals surface area contributed by atoms with E-state index in [1.54, 1.807) is 6.08 Å². The Morgan fingerprint density at radius 3 is 1.33 bits per heavy atom. The van der Waals surface area contributed by atoms with Crippen molar-refractivity contribution in [3.63, 3.8) is 0 Å². The van der Waals surface area contributed by atoms with E-state index < -0.39 is 0 Å². The van der Waals surface area contributed by atoms with Crippen LogP contribution >= 0.6 is 0 Å². The molecule has 1 fully saturated rings. The van der Waals surface area contributed by atoms with Gasteiger partial charge in [-0.05, 0) is 31.1 Å². The van der Waals surface area contributed by atoms with Crippen LogP contribution in [0, 0.1) is 5.41 Å². The normalized spacial score (nSPS) is 11.1. The van der Waals surface area contributed by atoms with Gasteiger partial charge in [-0.1, -0.05) is 127 Å². The van der Waals surface area contributed by atoms with Gasteiger partial charge in [0.2, 0.25) is 6.41 Å². The van der Waals surface area contributed by atoms with Crippen molar-refractivity contribution in [2.24, 2.45) is 17.0 Å². The molecular weight excluding hydrogens is 410 g/mol. The van der Waals surface area contributed by atoms with Crippen LogP contribution in [0.4, 0.5) is 0 Å². The number of primary amides is 1. The molecule has 0 aromatic heterocycles. The van der Waals surface area contributed by atoms with Crippen LogP contribution in [0.15, 0.2) is 24.8 Å². The molecule has 0 heterocycles. The third kappa shape index (κ3) is 136. The molecule has 1 rings (SSSR count).